The molecular weight excluding hydrogens is 294 g/mol. The van der Waals surface area contributed by atoms with Crippen LogP contribution in [-0.4, -0.2) is 19.1 Å². The van der Waals surface area contributed by atoms with Crippen LogP contribution < -0.4 is 10.1 Å². The van der Waals surface area contributed by atoms with Crippen LogP contribution in [0, 0.1) is 5.92 Å². The molecule has 1 aromatic carbocycles. The summed E-state index contributed by atoms with van der Waals surface area (Å²) >= 11 is 3.35. The Hall–Kier alpha value is -0.870. The number of benzene rings is 1. The number of piperidine rings is 1. The van der Waals surface area contributed by atoms with Gasteiger partial charge in [-0.3, -0.25) is 4.79 Å². The highest BCUT2D eigenvalue weighted by atomic mass is 79.9. The molecule has 0 saturated carbocycles. The molecule has 1 aliphatic rings. The van der Waals surface area contributed by atoms with Gasteiger partial charge in [-0.1, -0.05) is 22.0 Å². The van der Waals surface area contributed by atoms with E-state index in [9.17, 15) is 4.79 Å². The number of halogens is 1. The second-order valence-electron chi connectivity index (χ2n) is 4.68. The van der Waals surface area contributed by atoms with E-state index >= 15 is 0 Å². The van der Waals surface area contributed by atoms with Crippen LogP contribution in [0.25, 0.3) is 0 Å². The van der Waals surface area contributed by atoms with Crippen molar-refractivity contribution < 1.29 is 9.53 Å². The second kappa shape index (κ2) is 6.90. The molecule has 2 rings (SSSR count). The zero-order valence-electron chi connectivity index (χ0n) is 10.3. The summed E-state index contributed by atoms with van der Waals surface area (Å²) in [7, 11) is 0. The molecule has 98 valence electrons. The summed E-state index contributed by atoms with van der Waals surface area (Å²) < 4.78 is 6.22. The average molecular weight is 312 g/mol. The zero-order valence-corrected chi connectivity index (χ0v) is 11.9. The Kier molecular flexibility index (Phi) is 5.20. The molecule has 1 saturated heterocycles. The highest BCUT2D eigenvalue weighted by molar-refractivity contribution is 9.10. The van der Waals surface area contributed by atoms with E-state index in [1.807, 2.05) is 12.1 Å². The second-order valence-corrected chi connectivity index (χ2v) is 5.60. The smallest absolute Gasteiger partial charge is 0.311 e. The van der Waals surface area contributed by atoms with Gasteiger partial charge in [-0.25, -0.2) is 0 Å². The molecule has 3 nitrogen and oxygen atoms in total. The third kappa shape index (κ3) is 4.42. The molecule has 1 N–H and O–H groups in total. The maximum Gasteiger partial charge on any atom is 0.311 e. The van der Waals surface area contributed by atoms with E-state index in [0.717, 1.165) is 24.0 Å². The molecule has 0 spiro atoms. The summed E-state index contributed by atoms with van der Waals surface area (Å²) in [5.74, 6) is 1.09. The maximum absolute atomic E-state index is 11.7. The zero-order chi connectivity index (χ0) is 12.8. The van der Waals surface area contributed by atoms with Gasteiger partial charge in [-0.15, -0.1) is 0 Å². The predicted octanol–water partition coefficient (Wildman–Crippen LogP) is 3.13. The minimum Gasteiger partial charge on any atom is -0.426 e. The summed E-state index contributed by atoms with van der Waals surface area (Å²) in [6.45, 7) is 2.14. The Morgan fingerprint density at radius 2 is 2.39 bits per heavy atom. The lowest BCUT2D eigenvalue weighted by Gasteiger charge is -2.22. The highest BCUT2D eigenvalue weighted by Gasteiger charge is 2.15. The number of rotatable bonds is 4. The van der Waals surface area contributed by atoms with Crippen molar-refractivity contribution >= 4 is 21.9 Å². The first-order valence-corrected chi connectivity index (χ1v) is 7.20. The van der Waals surface area contributed by atoms with Crippen molar-refractivity contribution in [2.75, 3.05) is 13.1 Å². The number of carbonyl (C=O) groups excluding carboxylic acids is 1. The molecule has 0 aromatic heterocycles. The van der Waals surface area contributed by atoms with Crippen molar-refractivity contribution in [3.63, 3.8) is 0 Å². The molecule has 4 heteroatoms. The molecule has 0 bridgehead atoms. The molecule has 1 aliphatic heterocycles. The van der Waals surface area contributed by atoms with Gasteiger partial charge in [-0.05, 0) is 56.5 Å². The van der Waals surface area contributed by atoms with Crippen molar-refractivity contribution in [1.29, 1.82) is 0 Å². The van der Waals surface area contributed by atoms with Crippen LogP contribution in [0.2, 0.25) is 0 Å². The fraction of sp³-hybridized carbons (Fsp3) is 0.500. The normalized spacial score (nSPS) is 19.5. The van der Waals surface area contributed by atoms with Crippen molar-refractivity contribution in [1.82, 2.24) is 5.32 Å². The van der Waals surface area contributed by atoms with E-state index < -0.39 is 0 Å². The first-order chi connectivity index (χ1) is 8.74. The molecule has 1 unspecified atom stereocenters. The lowest BCUT2D eigenvalue weighted by Crippen LogP contribution is -2.30. The molecular formula is C14H18BrNO2. The standard InChI is InChI=1S/C14H18BrNO2/c15-12-4-1-5-13(9-12)18-14(17)7-6-11-3-2-8-16-10-11/h1,4-5,9,11,16H,2-3,6-8,10H2. The van der Waals surface area contributed by atoms with Gasteiger partial charge in [0.2, 0.25) is 0 Å². The molecule has 0 amide bonds. The van der Waals surface area contributed by atoms with Crippen molar-refractivity contribution in [2.45, 2.75) is 25.7 Å². The number of carbonyl (C=O) groups is 1. The topological polar surface area (TPSA) is 38.3 Å². The number of nitrogens with one attached hydrogen (secondary N) is 1. The van der Waals surface area contributed by atoms with Gasteiger partial charge in [0.05, 0.1) is 0 Å². The Bertz CT molecular complexity index is 403. The van der Waals surface area contributed by atoms with E-state index in [1.54, 1.807) is 12.1 Å². The Morgan fingerprint density at radius 3 is 3.11 bits per heavy atom. The molecule has 1 heterocycles. The molecule has 1 aromatic rings. The van der Waals surface area contributed by atoms with Crippen LogP contribution in [0.4, 0.5) is 0 Å². The first kappa shape index (κ1) is 13.6. The van der Waals surface area contributed by atoms with Crippen LogP contribution >= 0.6 is 15.9 Å². The lowest BCUT2D eigenvalue weighted by molar-refractivity contribution is -0.134. The van der Waals surface area contributed by atoms with Gasteiger partial charge in [-0.2, -0.15) is 0 Å². The summed E-state index contributed by atoms with van der Waals surface area (Å²) in [6.07, 6.45) is 3.85. The van der Waals surface area contributed by atoms with Gasteiger partial charge >= 0.3 is 5.97 Å². The minimum absolute atomic E-state index is 0.140. The Morgan fingerprint density at radius 1 is 1.50 bits per heavy atom. The van der Waals surface area contributed by atoms with Crippen molar-refractivity contribution in [3.8, 4) is 5.75 Å². The lowest BCUT2D eigenvalue weighted by atomic mass is 9.95. The average Bonchev–Trinajstić information content (AvgIpc) is 2.38. The number of hydrogen-bond acceptors (Lipinski definition) is 3. The van der Waals surface area contributed by atoms with E-state index in [0.29, 0.717) is 18.1 Å². The molecule has 0 aliphatic carbocycles. The number of esters is 1. The first-order valence-electron chi connectivity index (χ1n) is 6.41. The highest BCUT2D eigenvalue weighted by Crippen LogP contribution is 2.20. The SMILES string of the molecule is O=C(CCC1CCCNC1)Oc1cccc(Br)c1. The molecule has 1 fully saturated rings. The summed E-state index contributed by atoms with van der Waals surface area (Å²) in [5.41, 5.74) is 0. The van der Waals surface area contributed by atoms with Crippen LogP contribution in [-0.2, 0) is 4.79 Å². The van der Waals surface area contributed by atoms with Crippen LogP contribution in [0.5, 0.6) is 5.75 Å². The van der Waals surface area contributed by atoms with Crippen molar-refractivity contribution in [3.05, 3.63) is 28.7 Å². The van der Waals surface area contributed by atoms with Gasteiger partial charge < -0.3 is 10.1 Å². The van der Waals surface area contributed by atoms with Gasteiger partial charge in [0.1, 0.15) is 5.75 Å². The Balaban J connectivity index is 1.74. The van der Waals surface area contributed by atoms with Gasteiger partial charge in [0, 0.05) is 10.9 Å². The summed E-state index contributed by atoms with van der Waals surface area (Å²) in [6, 6.07) is 7.37. The van der Waals surface area contributed by atoms with Crippen LogP contribution in [0.15, 0.2) is 28.7 Å². The van der Waals surface area contributed by atoms with Crippen LogP contribution in [0.3, 0.4) is 0 Å². The Labute approximate surface area is 116 Å². The molecule has 18 heavy (non-hydrogen) atoms. The fourth-order valence-corrected chi connectivity index (χ4v) is 2.58. The van der Waals surface area contributed by atoms with E-state index in [-0.39, 0.29) is 5.97 Å². The van der Waals surface area contributed by atoms with Crippen molar-refractivity contribution in [2.24, 2.45) is 5.92 Å². The van der Waals surface area contributed by atoms with E-state index in [2.05, 4.69) is 21.2 Å². The summed E-state index contributed by atoms with van der Waals surface area (Å²) in [5, 5.41) is 3.36. The monoisotopic (exact) mass is 311 g/mol. The maximum atomic E-state index is 11.7. The predicted molar refractivity (Wildman–Crippen MR) is 74.6 cm³/mol. The fourth-order valence-electron chi connectivity index (χ4n) is 2.21. The quantitative estimate of drug-likeness (QED) is 0.686. The molecule has 0 radical (unpaired) electrons. The van der Waals surface area contributed by atoms with E-state index in [4.69, 9.17) is 4.74 Å². The minimum atomic E-state index is -0.140. The third-order valence-electron chi connectivity index (χ3n) is 3.18. The summed E-state index contributed by atoms with van der Waals surface area (Å²) in [4.78, 5) is 11.7. The van der Waals surface area contributed by atoms with Gasteiger partial charge in [0.25, 0.3) is 0 Å². The largest absolute Gasteiger partial charge is 0.426 e. The number of ether oxygens (including phenoxy) is 1. The van der Waals surface area contributed by atoms with Gasteiger partial charge in [0.15, 0.2) is 0 Å². The van der Waals surface area contributed by atoms with Crippen LogP contribution in [0.1, 0.15) is 25.7 Å². The third-order valence-corrected chi connectivity index (χ3v) is 3.68. The molecule has 1 atom stereocenters. The number of hydrogen-bond donors (Lipinski definition) is 1. The van der Waals surface area contributed by atoms with E-state index in [1.165, 1.54) is 12.8 Å².